The Bertz CT molecular complexity index is 1860. The van der Waals surface area contributed by atoms with Crippen LogP contribution >= 0.6 is 0 Å². The summed E-state index contributed by atoms with van der Waals surface area (Å²) < 4.78 is 10.6. The van der Waals surface area contributed by atoms with Crippen LogP contribution in [-0.2, 0) is 9.47 Å². The predicted molar refractivity (Wildman–Crippen MR) is 210 cm³/mol. The Morgan fingerprint density at radius 2 is 0.981 bits per heavy atom. The second-order valence-electron chi connectivity index (χ2n) is 12.7. The zero-order valence-corrected chi connectivity index (χ0v) is 30.2. The molecule has 0 aliphatic carbocycles. The number of hydrogen-bond acceptors (Lipinski definition) is 10. The van der Waals surface area contributed by atoms with Gasteiger partial charge in [-0.25, -0.2) is 0 Å². The van der Waals surface area contributed by atoms with Crippen LogP contribution in [0.5, 0.6) is 0 Å². The lowest BCUT2D eigenvalue weighted by molar-refractivity contribution is 0.0382. The topological polar surface area (TPSA) is 193 Å². The van der Waals surface area contributed by atoms with Crippen molar-refractivity contribution in [3.63, 3.8) is 0 Å². The maximum atomic E-state index is 12.6. The molecule has 4 aromatic carbocycles. The molecule has 2 saturated heterocycles. The molecule has 2 heterocycles. The minimum Gasteiger partial charge on any atom is -0.399 e. The SMILES string of the molecule is Nc1ccc(C(=O)Nc2ccccc2C(=O)NCCN2CCOCC2)cc1.Nc1cccc(C(=O)Nc2ccccc2C(=O)NCCN2CCOCC2)c1. The van der Waals surface area contributed by atoms with Crippen LogP contribution in [0.3, 0.4) is 0 Å². The summed E-state index contributed by atoms with van der Waals surface area (Å²) in [6.07, 6.45) is 0. The van der Waals surface area contributed by atoms with Crippen LogP contribution < -0.4 is 32.7 Å². The van der Waals surface area contributed by atoms with Crippen LogP contribution in [0, 0.1) is 0 Å². The van der Waals surface area contributed by atoms with Crippen LogP contribution in [0.1, 0.15) is 41.4 Å². The summed E-state index contributed by atoms with van der Waals surface area (Å²) in [4.78, 5) is 54.5. The lowest BCUT2D eigenvalue weighted by Gasteiger charge is -2.26. The highest BCUT2D eigenvalue weighted by molar-refractivity contribution is 6.10. The van der Waals surface area contributed by atoms with Gasteiger partial charge in [0.2, 0.25) is 0 Å². The first-order valence-electron chi connectivity index (χ1n) is 18.0. The van der Waals surface area contributed by atoms with E-state index < -0.39 is 0 Å². The third-order valence-electron chi connectivity index (χ3n) is 8.80. The van der Waals surface area contributed by atoms with Gasteiger partial charge in [0.05, 0.1) is 48.9 Å². The summed E-state index contributed by atoms with van der Waals surface area (Å²) in [6.45, 7) is 9.05. The molecule has 0 radical (unpaired) electrons. The number of rotatable bonds is 12. The number of morpholine rings is 2. The van der Waals surface area contributed by atoms with Gasteiger partial charge in [-0.3, -0.25) is 29.0 Å². The number of carbonyl (C=O) groups is 4. The summed E-state index contributed by atoms with van der Waals surface area (Å²) >= 11 is 0. The average Bonchev–Trinajstić information content (AvgIpc) is 3.19. The summed E-state index contributed by atoms with van der Waals surface area (Å²) in [6, 6.07) is 27.3. The molecular formula is C40H48N8O6. The van der Waals surface area contributed by atoms with E-state index in [1.54, 1.807) is 97.1 Å². The number of benzene rings is 4. The molecule has 0 saturated carbocycles. The molecule has 0 aromatic heterocycles. The van der Waals surface area contributed by atoms with E-state index in [0.29, 0.717) is 58.1 Å². The molecule has 2 aliphatic rings. The van der Waals surface area contributed by atoms with E-state index in [9.17, 15) is 19.2 Å². The molecule has 4 aromatic rings. The van der Waals surface area contributed by atoms with Crippen LogP contribution in [0.2, 0.25) is 0 Å². The van der Waals surface area contributed by atoms with Crippen molar-refractivity contribution >= 4 is 46.4 Å². The fourth-order valence-corrected chi connectivity index (χ4v) is 5.78. The van der Waals surface area contributed by atoms with Gasteiger partial charge >= 0.3 is 0 Å². The van der Waals surface area contributed by atoms with Crippen LogP contribution in [0.4, 0.5) is 22.7 Å². The Morgan fingerprint density at radius 1 is 0.519 bits per heavy atom. The zero-order valence-electron chi connectivity index (χ0n) is 30.2. The fraction of sp³-hybridized carbons (Fsp3) is 0.300. The Hall–Kier alpha value is -5.80. The molecule has 4 amide bonds. The number of nitrogens with two attached hydrogens (primary N) is 2. The summed E-state index contributed by atoms with van der Waals surface area (Å²) in [7, 11) is 0. The van der Waals surface area contributed by atoms with E-state index in [2.05, 4.69) is 31.1 Å². The quantitative estimate of drug-likeness (QED) is 0.118. The number of hydrogen-bond donors (Lipinski definition) is 6. The van der Waals surface area contributed by atoms with Crippen molar-refractivity contribution in [3.05, 3.63) is 119 Å². The maximum absolute atomic E-state index is 12.6. The highest BCUT2D eigenvalue weighted by Gasteiger charge is 2.17. The number of nitrogens with one attached hydrogen (secondary N) is 4. The lowest BCUT2D eigenvalue weighted by atomic mass is 10.1. The van der Waals surface area contributed by atoms with Gasteiger partial charge in [0.25, 0.3) is 23.6 Å². The highest BCUT2D eigenvalue weighted by Crippen LogP contribution is 2.18. The van der Waals surface area contributed by atoms with Gasteiger partial charge in [0, 0.05) is 74.9 Å². The fourth-order valence-electron chi connectivity index (χ4n) is 5.78. The van der Waals surface area contributed by atoms with Crippen molar-refractivity contribution in [3.8, 4) is 0 Å². The third-order valence-corrected chi connectivity index (χ3v) is 8.80. The van der Waals surface area contributed by atoms with Gasteiger partial charge in [-0.1, -0.05) is 30.3 Å². The van der Waals surface area contributed by atoms with E-state index in [0.717, 1.165) is 65.7 Å². The second-order valence-corrected chi connectivity index (χ2v) is 12.7. The number of anilines is 4. The van der Waals surface area contributed by atoms with E-state index >= 15 is 0 Å². The minimum atomic E-state index is -0.309. The van der Waals surface area contributed by atoms with Gasteiger partial charge in [-0.2, -0.15) is 0 Å². The predicted octanol–water partition coefficient (Wildman–Crippen LogP) is 3.17. The largest absolute Gasteiger partial charge is 0.399 e. The molecule has 0 bridgehead atoms. The lowest BCUT2D eigenvalue weighted by Crippen LogP contribution is -2.41. The van der Waals surface area contributed by atoms with E-state index in [4.69, 9.17) is 20.9 Å². The second kappa shape index (κ2) is 20.4. The molecule has 2 fully saturated rings. The molecule has 0 spiro atoms. The molecule has 14 heteroatoms. The summed E-state index contributed by atoms with van der Waals surface area (Å²) in [5.74, 6) is -1.03. The Labute approximate surface area is 315 Å². The number of amides is 4. The van der Waals surface area contributed by atoms with E-state index in [1.807, 2.05) is 0 Å². The van der Waals surface area contributed by atoms with Gasteiger partial charge in [0.15, 0.2) is 0 Å². The first-order chi connectivity index (χ1) is 26.3. The molecule has 2 aliphatic heterocycles. The molecule has 0 atom stereocenters. The molecule has 54 heavy (non-hydrogen) atoms. The number of ether oxygens (including phenoxy) is 2. The Kier molecular flexibility index (Phi) is 14.9. The van der Waals surface area contributed by atoms with Crippen molar-refractivity contribution in [2.45, 2.75) is 0 Å². The van der Waals surface area contributed by atoms with Gasteiger partial charge < -0.3 is 42.2 Å². The van der Waals surface area contributed by atoms with Gasteiger partial charge in [-0.15, -0.1) is 0 Å². The zero-order chi connectivity index (χ0) is 38.1. The van der Waals surface area contributed by atoms with E-state index in [-0.39, 0.29) is 23.6 Å². The van der Waals surface area contributed by atoms with E-state index in [1.165, 1.54) is 0 Å². The summed E-state index contributed by atoms with van der Waals surface area (Å²) in [5, 5.41) is 11.4. The van der Waals surface area contributed by atoms with Crippen LogP contribution in [-0.4, -0.2) is 112 Å². The highest BCUT2D eigenvalue weighted by atomic mass is 16.5. The number of carbonyl (C=O) groups excluding carboxylic acids is 4. The molecule has 6 rings (SSSR count). The normalized spacial score (nSPS) is 14.5. The Morgan fingerprint density at radius 3 is 1.46 bits per heavy atom. The standard InChI is InChI=1S/2C20H24N4O3/c21-16-5-3-4-15(14-16)19(25)23-18-7-2-1-6-17(18)20(26)22-8-9-24-10-12-27-13-11-24;21-16-7-5-15(6-8-16)19(25)23-18-4-2-1-3-17(18)20(26)22-9-10-24-11-13-27-14-12-24/h1-7,14H,8-13,21H2,(H,22,26)(H,23,25);1-8H,9-14,21H2,(H,22,26)(H,23,25). The minimum absolute atomic E-state index is 0.212. The van der Waals surface area contributed by atoms with Crippen LogP contribution in [0.15, 0.2) is 97.1 Å². The van der Waals surface area contributed by atoms with Crippen LogP contribution in [0.25, 0.3) is 0 Å². The maximum Gasteiger partial charge on any atom is 0.255 e. The van der Waals surface area contributed by atoms with Crippen molar-refractivity contribution in [2.24, 2.45) is 0 Å². The third kappa shape index (κ3) is 12.1. The summed E-state index contributed by atoms with van der Waals surface area (Å²) in [5.41, 5.74) is 15.2. The molecule has 14 nitrogen and oxygen atoms in total. The van der Waals surface area contributed by atoms with Gasteiger partial charge in [-0.05, 0) is 66.7 Å². The van der Waals surface area contributed by atoms with Crippen molar-refractivity contribution in [1.29, 1.82) is 0 Å². The molecule has 0 unspecified atom stereocenters. The van der Waals surface area contributed by atoms with Gasteiger partial charge in [0.1, 0.15) is 0 Å². The molecular weight excluding hydrogens is 688 g/mol. The number of nitrogens with zero attached hydrogens (tertiary/aromatic N) is 2. The molecule has 8 N–H and O–H groups in total. The van der Waals surface area contributed by atoms with Crippen molar-refractivity contribution in [1.82, 2.24) is 20.4 Å². The Balaban J connectivity index is 0.000000208. The average molecular weight is 737 g/mol. The number of para-hydroxylation sites is 2. The smallest absolute Gasteiger partial charge is 0.255 e. The number of nitrogen functional groups attached to an aromatic ring is 2. The monoisotopic (exact) mass is 736 g/mol. The first-order valence-corrected chi connectivity index (χ1v) is 18.0. The molecule has 284 valence electrons. The first kappa shape index (κ1) is 39.4. The van der Waals surface area contributed by atoms with Crippen molar-refractivity contribution < 1.29 is 28.7 Å². The van der Waals surface area contributed by atoms with Crippen molar-refractivity contribution in [2.75, 3.05) is 101 Å².